The van der Waals surface area contributed by atoms with Gasteiger partial charge in [-0.1, -0.05) is 13.8 Å². The van der Waals surface area contributed by atoms with Crippen molar-refractivity contribution in [1.82, 2.24) is 15.3 Å². The fourth-order valence-corrected chi connectivity index (χ4v) is 1.37. The number of carbonyl (C=O) groups is 2. The van der Waals surface area contributed by atoms with Crippen LogP contribution in [0.2, 0.25) is 0 Å². The number of carbonyl (C=O) groups excluding carboxylic acids is 2. The molecule has 110 valence electrons. The molecule has 0 bridgehead atoms. The lowest BCUT2D eigenvalue weighted by atomic mass is 10.2. The quantitative estimate of drug-likeness (QED) is 0.750. The second kappa shape index (κ2) is 7.42. The Balaban J connectivity index is 2.63. The van der Waals surface area contributed by atoms with E-state index >= 15 is 0 Å². The average Bonchev–Trinajstić information content (AvgIpc) is 2.43. The van der Waals surface area contributed by atoms with E-state index in [-0.39, 0.29) is 11.7 Å². The topological polar surface area (TPSA) is 93.2 Å². The van der Waals surface area contributed by atoms with E-state index in [0.29, 0.717) is 18.3 Å². The van der Waals surface area contributed by atoms with E-state index in [9.17, 15) is 9.59 Å². The summed E-state index contributed by atoms with van der Waals surface area (Å²) in [7, 11) is 1.26. The van der Waals surface area contributed by atoms with E-state index in [2.05, 4.69) is 25.3 Å². The molecule has 0 fully saturated rings. The van der Waals surface area contributed by atoms with Crippen LogP contribution < -0.4 is 10.6 Å². The van der Waals surface area contributed by atoms with Gasteiger partial charge in [-0.3, -0.25) is 4.79 Å². The second-order valence-electron chi connectivity index (χ2n) is 4.76. The summed E-state index contributed by atoms with van der Waals surface area (Å²) in [6, 6.07) is 1.12. The predicted octanol–water partition coefficient (Wildman–Crippen LogP) is 0.836. The van der Waals surface area contributed by atoms with Crippen LogP contribution in [0.15, 0.2) is 12.3 Å². The van der Waals surface area contributed by atoms with Gasteiger partial charge in [0.2, 0.25) is 11.7 Å². The van der Waals surface area contributed by atoms with Crippen LogP contribution in [-0.2, 0) is 9.53 Å². The van der Waals surface area contributed by atoms with E-state index in [1.165, 1.54) is 13.3 Å². The van der Waals surface area contributed by atoms with Crippen LogP contribution in [0.4, 0.5) is 5.82 Å². The summed E-state index contributed by atoms with van der Waals surface area (Å²) < 4.78 is 4.54. The highest BCUT2D eigenvalue weighted by Gasteiger charge is 2.15. The molecule has 1 unspecified atom stereocenters. The Morgan fingerprint density at radius 2 is 2.05 bits per heavy atom. The van der Waals surface area contributed by atoms with Gasteiger partial charge in [0, 0.05) is 12.7 Å². The number of hydrogen-bond acceptors (Lipinski definition) is 6. The highest BCUT2D eigenvalue weighted by Crippen LogP contribution is 2.05. The summed E-state index contributed by atoms with van der Waals surface area (Å²) in [5, 5.41) is 5.73. The van der Waals surface area contributed by atoms with Crippen molar-refractivity contribution in [2.24, 2.45) is 5.92 Å². The highest BCUT2D eigenvalue weighted by molar-refractivity contribution is 5.86. The Morgan fingerprint density at radius 1 is 1.35 bits per heavy atom. The molecule has 0 aliphatic heterocycles. The number of methoxy groups -OCH3 is 1. The van der Waals surface area contributed by atoms with Crippen LogP contribution in [0.1, 0.15) is 31.4 Å². The summed E-state index contributed by atoms with van der Waals surface area (Å²) >= 11 is 0. The number of hydrogen-bond donors (Lipinski definition) is 2. The summed E-state index contributed by atoms with van der Waals surface area (Å²) in [6.07, 6.45) is 1.43. The van der Waals surface area contributed by atoms with Crippen LogP contribution in [0.3, 0.4) is 0 Å². The molecule has 1 amide bonds. The standard InChI is InChI=1S/C13H20N4O3/c1-8(2)7-15-12(18)9(3)16-10-5-6-14-11(17-10)13(19)20-4/h5-6,8-9H,7H2,1-4H3,(H,15,18)(H,14,16,17). The normalized spacial score (nSPS) is 11.8. The van der Waals surface area contributed by atoms with Gasteiger partial charge in [-0.2, -0.15) is 0 Å². The van der Waals surface area contributed by atoms with E-state index in [0.717, 1.165) is 0 Å². The number of aromatic nitrogens is 2. The first-order chi connectivity index (χ1) is 9.43. The summed E-state index contributed by atoms with van der Waals surface area (Å²) in [4.78, 5) is 30.9. The molecule has 20 heavy (non-hydrogen) atoms. The van der Waals surface area contributed by atoms with Gasteiger partial charge in [0.15, 0.2) is 0 Å². The van der Waals surface area contributed by atoms with Crippen LogP contribution in [0, 0.1) is 5.92 Å². The van der Waals surface area contributed by atoms with Crippen LogP contribution in [0.25, 0.3) is 0 Å². The predicted molar refractivity (Wildman–Crippen MR) is 74.3 cm³/mol. The van der Waals surface area contributed by atoms with E-state index < -0.39 is 12.0 Å². The first kappa shape index (κ1) is 15.9. The number of nitrogens with zero attached hydrogens (tertiary/aromatic N) is 2. The van der Waals surface area contributed by atoms with Gasteiger partial charge in [0.1, 0.15) is 11.9 Å². The molecule has 0 radical (unpaired) electrons. The van der Waals surface area contributed by atoms with Gasteiger partial charge in [-0.25, -0.2) is 14.8 Å². The van der Waals surface area contributed by atoms with Gasteiger partial charge in [-0.05, 0) is 18.9 Å². The Kier molecular flexibility index (Phi) is 5.89. The monoisotopic (exact) mass is 280 g/mol. The largest absolute Gasteiger partial charge is 0.463 e. The Morgan fingerprint density at radius 3 is 2.65 bits per heavy atom. The lowest BCUT2D eigenvalue weighted by Crippen LogP contribution is -2.39. The number of esters is 1. The van der Waals surface area contributed by atoms with Crippen LogP contribution in [-0.4, -0.2) is 41.5 Å². The third kappa shape index (κ3) is 4.83. The lowest BCUT2D eigenvalue weighted by molar-refractivity contribution is -0.121. The van der Waals surface area contributed by atoms with Crippen LogP contribution >= 0.6 is 0 Å². The zero-order chi connectivity index (χ0) is 15.1. The van der Waals surface area contributed by atoms with Gasteiger partial charge < -0.3 is 15.4 Å². The molecule has 2 N–H and O–H groups in total. The number of anilines is 1. The molecule has 7 nitrogen and oxygen atoms in total. The second-order valence-corrected chi connectivity index (χ2v) is 4.76. The molecular weight excluding hydrogens is 260 g/mol. The molecule has 0 aromatic carbocycles. The molecule has 0 aliphatic rings. The first-order valence-electron chi connectivity index (χ1n) is 6.39. The maximum absolute atomic E-state index is 11.8. The molecule has 0 spiro atoms. The third-order valence-electron chi connectivity index (χ3n) is 2.47. The van der Waals surface area contributed by atoms with Crippen molar-refractivity contribution in [3.05, 3.63) is 18.1 Å². The van der Waals surface area contributed by atoms with E-state index in [1.54, 1.807) is 13.0 Å². The molecule has 0 aliphatic carbocycles. The number of rotatable bonds is 6. The van der Waals surface area contributed by atoms with E-state index in [4.69, 9.17) is 0 Å². The Hall–Kier alpha value is -2.18. The zero-order valence-electron chi connectivity index (χ0n) is 12.1. The molecule has 1 aromatic rings. The smallest absolute Gasteiger partial charge is 0.376 e. The molecule has 0 saturated heterocycles. The Bertz CT molecular complexity index is 476. The zero-order valence-corrected chi connectivity index (χ0v) is 12.1. The lowest BCUT2D eigenvalue weighted by Gasteiger charge is -2.15. The summed E-state index contributed by atoms with van der Waals surface area (Å²) in [5.41, 5.74) is 0. The fourth-order valence-electron chi connectivity index (χ4n) is 1.37. The minimum absolute atomic E-state index is 0.0488. The van der Waals surface area contributed by atoms with Gasteiger partial charge in [-0.15, -0.1) is 0 Å². The van der Waals surface area contributed by atoms with Crippen molar-refractivity contribution in [2.75, 3.05) is 19.0 Å². The number of ether oxygens (including phenoxy) is 1. The summed E-state index contributed by atoms with van der Waals surface area (Å²) in [6.45, 7) is 6.37. The third-order valence-corrected chi connectivity index (χ3v) is 2.47. The van der Waals surface area contributed by atoms with Crippen molar-refractivity contribution >= 4 is 17.7 Å². The van der Waals surface area contributed by atoms with Crippen molar-refractivity contribution < 1.29 is 14.3 Å². The maximum atomic E-state index is 11.8. The SMILES string of the molecule is COC(=O)c1nccc(NC(C)C(=O)NCC(C)C)n1. The van der Waals surface area contributed by atoms with Crippen molar-refractivity contribution in [1.29, 1.82) is 0 Å². The van der Waals surface area contributed by atoms with Crippen molar-refractivity contribution in [2.45, 2.75) is 26.8 Å². The number of amides is 1. The molecule has 1 aromatic heterocycles. The number of nitrogens with one attached hydrogen (secondary N) is 2. The minimum Gasteiger partial charge on any atom is -0.463 e. The maximum Gasteiger partial charge on any atom is 0.376 e. The van der Waals surface area contributed by atoms with Gasteiger partial charge in [0.25, 0.3) is 0 Å². The molecule has 0 saturated carbocycles. The Labute approximate surface area is 118 Å². The molecule has 1 rings (SSSR count). The first-order valence-corrected chi connectivity index (χ1v) is 6.39. The highest BCUT2D eigenvalue weighted by atomic mass is 16.5. The molecule has 7 heteroatoms. The van der Waals surface area contributed by atoms with Gasteiger partial charge >= 0.3 is 5.97 Å². The van der Waals surface area contributed by atoms with Crippen molar-refractivity contribution in [3.8, 4) is 0 Å². The average molecular weight is 280 g/mol. The molecule has 1 heterocycles. The summed E-state index contributed by atoms with van der Waals surface area (Å²) in [5.74, 6) is -0.0153. The van der Waals surface area contributed by atoms with Gasteiger partial charge in [0.05, 0.1) is 7.11 Å². The van der Waals surface area contributed by atoms with Crippen LogP contribution in [0.5, 0.6) is 0 Å². The fraction of sp³-hybridized carbons (Fsp3) is 0.538. The van der Waals surface area contributed by atoms with E-state index in [1.807, 2.05) is 13.8 Å². The molecular formula is C13H20N4O3. The van der Waals surface area contributed by atoms with Crippen molar-refractivity contribution in [3.63, 3.8) is 0 Å². The molecule has 1 atom stereocenters. The minimum atomic E-state index is -0.620.